The summed E-state index contributed by atoms with van der Waals surface area (Å²) in [5.74, 6) is 0.869. The van der Waals surface area contributed by atoms with E-state index in [1.165, 1.54) is 0 Å². The van der Waals surface area contributed by atoms with Gasteiger partial charge in [-0.3, -0.25) is 4.79 Å². The molecule has 0 aliphatic carbocycles. The monoisotopic (exact) mass is 249 g/mol. The summed E-state index contributed by atoms with van der Waals surface area (Å²) < 4.78 is 0. The molecule has 0 aliphatic rings. The summed E-state index contributed by atoms with van der Waals surface area (Å²) in [5, 5.41) is 5.96. The highest BCUT2D eigenvalue weighted by Gasteiger charge is 2.12. The fourth-order valence-electron chi connectivity index (χ4n) is 1.47. The van der Waals surface area contributed by atoms with E-state index >= 15 is 0 Å². The normalized spacial score (nSPS) is 11.1. The lowest BCUT2D eigenvalue weighted by molar-refractivity contribution is -0.116. The number of nitrogens with one attached hydrogen (secondary N) is 2. The van der Waals surface area contributed by atoms with E-state index in [-0.39, 0.29) is 11.3 Å². The minimum absolute atomic E-state index is 0.0444. The second-order valence-corrected chi connectivity index (χ2v) is 5.57. The molecule has 0 spiro atoms. The molecule has 0 radical (unpaired) electrons. The molecule has 0 fully saturated rings. The van der Waals surface area contributed by atoms with Gasteiger partial charge in [0.05, 0.1) is 11.9 Å². The van der Waals surface area contributed by atoms with E-state index in [4.69, 9.17) is 0 Å². The van der Waals surface area contributed by atoms with E-state index in [0.717, 1.165) is 24.5 Å². The summed E-state index contributed by atoms with van der Waals surface area (Å²) in [5.41, 5.74) is 0.931. The standard InChI is InChI=1S/C14H23N3O/c1-5-15-12-7-6-11(10-16-12)17-13(18)8-9-14(2,3)4/h6-7,10H,5,8-9H2,1-4H3,(H,15,16)(H,17,18). The third kappa shape index (κ3) is 5.66. The van der Waals surface area contributed by atoms with Crippen molar-refractivity contribution in [3.05, 3.63) is 18.3 Å². The minimum atomic E-state index is 0.0444. The molecule has 100 valence electrons. The van der Waals surface area contributed by atoms with Crippen molar-refractivity contribution in [3.8, 4) is 0 Å². The van der Waals surface area contributed by atoms with Crippen LogP contribution >= 0.6 is 0 Å². The van der Waals surface area contributed by atoms with Crippen LogP contribution in [0.25, 0.3) is 0 Å². The Morgan fingerprint density at radius 1 is 1.33 bits per heavy atom. The van der Waals surface area contributed by atoms with Gasteiger partial charge < -0.3 is 10.6 Å². The Morgan fingerprint density at radius 3 is 2.56 bits per heavy atom. The van der Waals surface area contributed by atoms with Gasteiger partial charge in [0.2, 0.25) is 5.91 Å². The van der Waals surface area contributed by atoms with Crippen molar-refractivity contribution in [1.29, 1.82) is 0 Å². The van der Waals surface area contributed by atoms with Gasteiger partial charge in [-0.05, 0) is 30.9 Å². The number of carbonyl (C=O) groups is 1. The fraction of sp³-hybridized carbons (Fsp3) is 0.571. The summed E-state index contributed by atoms with van der Waals surface area (Å²) in [6.07, 6.45) is 3.09. The van der Waals surface area contributed by atoms with Crippen molar-refractivity contribution in [2.75, 3.05) is 17.2 Å². The number of hydrogen-bond donors (Lipinski definition) is 2. The van der Waals surface area contributed by atoms with E-state index in [1.807, 2.05) is 19.1 Å². The number of nitrogens with zero attached hydrogens (tertiary/aromatic N) is 1. The molecule has 0 atom stereocenters. The molecule has 0 bridgehead atoms. The second kappa shape index (κ2) is 6.38. The molecule has 0 saturated heterocycles. The van der Waals surface area contributed by atoms with Crippen molar-refractivity contribution in [3.63, 3.8) is 0 Å². The molecule has 4 nitrogen and oxygen atoms in total. The van der Waals surface area contributed by atoms with Crippen molar-refractivity contribution in [2.24, 2.45) is 5.41 Å². The molecule has 1 rings (SSSR count). The van der Waals surface area contributed by atoms with Crippen LogP contribution in [0, 0.1) is 5.41 Å². The molecule has 1 amide bonds. The number of pyridine rings is 1. The summed E-state index contributed by atoms with van der Waals surface area (Å²) in [6, 6.07) is 3.73. The van der Waals surface area contributed by atoms with Crippen LogP contribution in [-0.4, -0.2) is 17.4 Å². The Bertz CT molecular complexity index is 379. The van der Waals surface area contributed by atoms with Gasteiger partial charge in [-0.2, -0.15) is 0 Å². The van der Waals surface area contributed by atoms with Crippen LogP contribution in [0.1, 0.15) is 40.5 Å². The molecular weight excluding hydrogens is 226 g/mol. The second-order valence-electron chi connectivity index (χ2n) is 5.57. The number of carbonyl (C=O) groups excluding carboxylic acids is 1. The van der Waals surface area contributed by atoms with E-state index in [0.29, 0.717) is 6.42 Å². The first-order chi connectivity index (χ1) is 8.40. The summed E-state index contributed by atoms with van der Waals surface area (Å²) in [6.45, 7) is 9.25. The van der Waals surface area contributed by atoms with Crippen LogP contribution in [0.4, 0.5) is 11.5 Å². The van der Waals surface area contributed by atoms with Gasteiger partial charge in [-0.15, -0.1) is 0 Å². The van der Waals surface area contributed by atoms with Crippen molar-refractivity contribution in [2.45, 2.75) is 40.5 Å². The van der Waals surface area contributed by atoms with Crippen LogP contribution in [0.3, 0.4) is 0 Å². The maximum atomic E-state index is 11.7. The van der Waals surface area contributed by atoms with Gasteiger partial charge in [0.15, 0.2) is 0 Å². The van der Waals surface area contributed by atoms with Gasteiger partial charge in [-0.25, -0.2) is 4.98 Å². The number of aromatic nitrogens is 1. The number of amides is 1. The predicted octanol–water partition coefficient (Wildman–Crippen LogP) is 3.28. The van der Waals surface area contributed by atoms with Crippen LogP contribution in [-0.2, 0) is 4.79 Å². The maximum Gasteiger partial charge on any atom is 0.224 e. The molecular formula is C14H23N3O. The molecule has 0 aliphatic heterocycles. The molecule has 18 heavy (non-hydrogen) atoms. The van der Waals surface area contributed by atoms with Gasteiger partial charge in [-0.1, -0.05) is 20.8 Å². The number of anilines is 2. The van der Waals surface area contributed by atoms with Crippen LogP contribution < -0.4 is 10.6 Å². The third-order valence-electron chi connectivity index (χ3n) is 2.51. The zero-order valence-corrected chi connectivity index (χ0v) is 11.7. The number of hydrogen-bond acceptors (Lipinski definition) is 3. The lowest BCUT2D eigenvalue weighted by atomic mass is 9.90. The Hall–Kier alpha value is -1.58. The predicted molar refractivity (Wildman–Crippen MR) is 75.7 cm³/mol. The van der Waals surface area contributed by atoms with Gasteiger partial charge in [0.1, 0.15) is 5.82 Å². The topological polar surface area (TPSA) is 54.0 Å². The highest BCUT2D eigenvalue weighted by molar-refractivity contribution is 5.90. The van der Waals surface area contributed by atoms with Crippen LogP contribution in [0.15, 0.2) is 18.3 Å². The van der Waals surface area contributed by atoms with E-state index < -0.39 is 0 Å². The highest BCUT2D eigenvalue weighted by atomic mass is 16.1. The molecule has 4 heteroatoms. The lowest BCUT2D eigenvalue weighted by Crippen LogP contribution is -2.15. The summed E-state index contributed by atoms with van der Waals surface area (Å²) in [4.78, 5) is 15.9. The SMILES string of the molecule is CCNc1ccc(NC(=O)CCC(C)(C)C)cn1. The van der Waals surface area contributed by atoms with Gasteiger partial charge in [0, 0.05) is 13.0 Å². The molecule has 1 aromatic rings. The lowest BCUT2D eigenvalue weighted by Gasteiger charge is -2.17. The van der Waals surface area contributed by atoms with Crippen molar-refractivity contribution < 1.29 is 4.79 Å². The van der Waals surface area contributed by atoms with Crippen molar-refractivity contribution >= 4 is 17.4 Å². The van der Waals surface area contributed by atoms with Gasteiger partial charge in [0.25, 0.3) is 0 Å². The molecule has 0 unspecified atom stereocenters. The van der Waals surface area contributed by atoms with E-state index in [2.05, 4.69) is 36.4 Å². The Kier molecular flexibility index (Phi) is 5.13. The van der Waals surface area contributed by atoms with E-state index in [9.17, 15) is 4.79 Å². The average molecular weight is 249 g/mol. The first-order valence-corrected chi connectivity index (χ1v) is 6.40. The maximum absolute atomic E-state index is 11.7. The summed E-state index contributed by atoms with van der Waals surface area (Å²) >= 11 is 0. The van der Waals surface area contributed by atoms with Crippen LogP contribution in [0.5, 0.6) is 0 Å². The summed E-state index contributed by atoms with van der Waals surface area (Å²) in [7, 11) is 0. The quantitative estimate of drug-likeness (QED) is 0.842. The van der Waals surface area contributed by atoms with Gasteiger partial charge >= 0.3 is 0 Å². The molecule has 1 aromatic heterocycles. The van der Waals surface area contributed by atoms with Crippen molar-refractivity contribution in [1.82, 2.24) is 4.98 Å². The Balaban J connectivity index is 2.44. The average Bonchev–Trinajstić information content (AvgIpc) is 2.29. The third-order valence-corrected chi connectivity index (χ3v) is 2.51. The fourth-order valence-corrected chi connectivity index (χ4v) is 1.47. The molecule has 2 N–H and O–H groups in total. The first-order valence-electron chi connectivity index (χ1n) is 6.40. The smallest absolute Gasteiger partial charge is 0.224 e. The zero-order valence-electron chi connectivity index (χ0n) is 11.7. The van der Waals surface area contributed by atoms with Crippen LogP contribution in [0.2, 0.25) is 0 Å². The molecule has 1 heterocycles. The minimum Gasteiger partial charge on any atom is -0.370 e. The first kappa shape index (κ1) is 14.5. The zero-order chi connectivity index (χ0) is 13.6. The Labute approximate surface area is 109 Å². The molecule has 0 aromatic carbocycles. The number of rotatable bonds is 5. The van der Waals surface area contributed by atoms with E-state index in [1.54, 1.807) is 6.20 Å². The highest BCUT2D eigenvalue weighted by Crippen LogP contribution is 2.21. The molecule has 0 saturated carbocycles. The largest absolute Gasteiger partial charge is 0.370 e. The Morgan fingerprint density at radius 2 is 2.06 bits per heavy atom.